The molecular weight excluding hydrogens is 285 g/mol. The molecule has 1 N–H and O–H groups in total. The number of nitrogens with one attached hydrogen (secondary N) is 1. The molecule has 0 unspecified atom stereocenters. The van der Waals surface area contributed by atoms with Crippen molar-refractivity contribution in [2.75, 3.05) is 16.8 Å². The van der Waals surface area contributed by atoms with E-state index in [4.69, 9.17) is 0 Å². The first-order valence-electron chi connectivity index (χ1n) is 4.38. The molecule has 0 saturated carbocycles. The third-order valence-electron chi connectivity index (χ3n) is 2.20. The second-order valence-corrected chi connectivity index (χ2v) is 6.55. The SMILES string of the molecule is O=S1(=O)CC(Nc2cc(F)ccc2Br)C1. The van der Waals surface area contributed by atoms with Gasteiger partial charge in [-0.1, -0.05) is 0 Å². The molecule has 0 amide bonds. The van der Waals surface area contributed by atoms with Gasteiger partial charge in [0, 0.05) is 4.47 Å². The molecular formula is C9H9BrFNO2S. The number of hydrogen-bond acceptors (Lipinski definition) is 3. The van der Waals surface area contributed by atoms with Crippen LogP contribution in [0, 0.1) is 5.82 Å². The normalized spacial score (nSPS) is 19.6. The third-order valence-corrected chi connectivity index (χ3v) is 4.71. The maximum absolute atomic E-state index is 12.9. The van der Waals surface area contributed by atoms with Crippen LogP contribution in [0.3, 0.4) is 0 Å². The zero-order chi connectivity index (χ0) is 11.1. The van der Waals surface area contributed by atoms with E-state index in [1.807, 2.05) is 0 Å². The molecule has 1 heterocycles. The molecule has 3 nitrogen and oxygen atoms in total. The van der Waals surface area contributed by atoms with Crippen molar-refractivity contribution in [3.63, 3.8) is 0 Å². The largest absolute Gasteiger partial charge is 0.379 e. The van der Waals surface area contributed by atoms with Crippen molar-refractivity contribution in [1.82, 2.24) is 0 Å². The molecule has 0 aromatic heterocycles. The Morgan fingerprint density at radius 2 is 2.07 bits per heavy atom. The van der Waals surface area contributed by atoms with E-state index in [0.29, 0.717) is 5.69 Å². The minimum Gasteiger partial charge on any atom is -0.379 e. The molecule has 1 aromatic rings. The lowest BCUT2D eigenvalue weighted by Gasteiger charge is -2.28. The van der Waals surface area contributed by atoms with E-state index in [0.717, 1.165) is 4.47 Å². The second kappa shape index (κ2) is 3.75. The monoisotopic (exact) mass is 293 g/mol. The lowest BCUT2D eigenvalue weighted by Crippen LogP contribution is -2.46. The summed E-state index contributed by atoms with van der Waals surface area (Å²) in [7, 11) is -2.85. The molecule has 0 atom stereocenters. The number of rotatable bonds is 2. The molecule has 1 fully saturated rings. The quantitative estimate of drug-likeness (QED) is 0.904. The summed E-state index contributed by atoms with van der Waals surface area (Å²) in [5.74, 6) is -0.103. The maximum atomic E-state index is 12.9. The molecule has 1 saturated heterocycles. The van der Waals surface area contributed by atoms with Crippen molar-refractivity contribution in [2.24, 2.45) is 0 Å². The van der Waals surface area contributed by atoms with Gasteiger partial charge in [0.05, 0.1) is 23.2 Å². The topological polar surface area (TPSA) is 46.2 Å². The molecule has 1 aliphatic rings. The molecule has 0 spiro atoms. The minimum absolute atomic E-state index is 0.104. The van der Waals surface area contributed by atoms with Gasteiger partial charge in [-0.25, -0.2) is 12.8 Å². The van der Waals surface area contributed by atoms with Crippen LogP contribution in [0.15, 0.2) is 22.7 Å². The van der Waals surface area contributed by atoms with Crippen LogP contribution in [0.25, 0.3) is 0 Å². The zero-order valence-electron chi connectivity index (χ0n) is 7.70. The van der Waals surface area contributed by atoms with E-state index in [1.165, 1.54) is 12.1 Å². The number of benzene rings is 1. The van der Waals surface area contributed by atoms with Crippen LogP contribution in [-0.2, 0) is 9.84 Å². The Labute approximate surface area is 95.7 Å². The van der Waals surface area contributed by atoms with Gasteiger partial charge in [0.2, 0.25) is 0 Å². The lowest BCUT2D eigenvalue weighted by atomic mass is 10.2. The fourth-order valence-electron chi connectivity index (χ4n) is 1.48. The van der Waals surface area contributed by atoms with Gasteiger partial charge in [-0.2, -0.15) is 0 Å². The highest BCUT2D eigenvalue weighted by atomic mass is 79.9. The highest BCUT2D eigenvalue weighted by molar-refractivity contribution is 9.10. The first-order valence-corrected chi connectivity index (χ1v) is 7.00. The summed E-state index contributed by atoms with van der Waals surface area (Å²) in [5, 5.41) is 2.98. The average molecular weight is 294 g/mol. The number of sulfone groups is 1. The maximum Gasteiger partial charge on any atom is 0.154 e. The van der Waals surface area contributed by atoms with Gasteiger partial charge in [0.15, 0.2) is 9.84 Å². The Morgan fingerprint density at radius 1 is 1.40 bits per heavy atom. The average Bonchev–Trinajstić information content (AvgIpc) is 2.08. The number of hydrogen-bond donors (Lipinski definition) is 1. The Kier molecular flexibility index (Phi) is 2.72. The van der Waals surface area contributed by atoms with Crippen LogP contribution in [0.4, 0.5) is 10.1 Å². The highest BCUT2D eigenvalue weighted by Crippen LogP contribution is 2.26. The third kappa shape index (κ3) is 2.49. The van der Waals surface area contributed by atoms with E-state index in [2.05, 4.69) is 21.2 Å². The highest BCUT2D eigenvalue weighted by Gasteiger charge is 2.33. The van der Waals surface area contributed by atoms with E-state index in [9.17, 15) is 12.8 Å². The summed E-state index contributed by atoms with van der Waals surface area (Å²) in [6, 6.07) is 4.17. The van der Waals surface area contributed by atoms with Gasteiger partial charge in [-0.15, -0.1) is 0 Å². The van der Waals surface area contributed by atoms with Crippen molar-refractivity contribution >= 4 is 31.5 Å². The van der Waals surface area contributed by atoms with Crippen LogP contribution < -0.4 is 5.32 Å². The lowest BCUT2D eigenvalue weighted by molar-refractivity contribution is 0.570. The predicted molar refractivity (Wildman–Crippen MR) is 60.2 cm³/mol. The smallest absolute Gasteiger partial charge is 0.154 e. The summed E-state index contributed by atoms with van der Waals surface area (Å²) in [4.78, 5) is 0. The van der Waals surface area contributed by atoms with Crippen molar-refractivity contribution in [3.05, 3.63) is 28.5 Å². The van der Waals surface area contributed by atoms with Gasteiger partial charge < -0.3 is 5.32 Å². The van der Waals surface area contributed by atoms with Gasteiger partial charge in [0.25, 0.3) is 0 Å². The number of halogens is 2. The van der Waals surface area contributed by atoms with E-state index in [-0.39, 0.29) is 23.4 Å². The molecule has 82 valence electrons. The van der Waals surface area contributed by atoms with Crippen LogP contribution in [0.5, 0.6) is 0 Å². The zero-order valence-corrected chi connectivity index (χ0v) is 10.1. The van der Waals surface area contributed by atoms with Gasteiger partial charge in [-0.3, -0.25) is 0 Å². The summed E-state index contributed by atoms with van der Waals surface area (Å²) in [5.41, 5.74) is 0.593. The minimum atomic E-state index is -2.85. The summed E-state index contributed by atoms with van der Waals surface area (Å²) < 4.78 is 35.4. The fourth-order valence-corrected chi connectivity index (χ4v) is 3.13. The summed E-state index contributed by atoms with van der Waals surface area (Å²) in [6.07, 6.45) is 0. The molecule has 0 bridgehead atoms. The van der Waals surface area contributed by atoms with Gasteiger partial charge in [0.1, 0.15) is 5.82 Å². The van der Waals surface area contributed by atoms with Crippen molar-refractivity contribution in [1.29, 1.82) is 0 Å². The van der Waals surface area contributed by atoms with Crippen LogP contribution >= 0.6 is 15.9 Å². The van der Waals surface area contributed by atoms with Crippen molar-refractivity contribution in [2.45, 2.75) is 6.04 Å². The summed E-state index contributed by atoms with van der Waals surface area (Å²) in [6.45, 7) is 0. The first kappa shape index (κ1) is 10.9. The predicted octanol–water partition coefficient (Wildman–Crippen LogP) is 1.80. The number of anilines is 1. The van der Waals surface area contributed by atoms with E-state index in [1.54, 1.807) is 6.07 Å². The van der Waals surface area contributed by atoms with E-state index < -0.39 is 9.84 Å². The van der Waals surface area contributed by atoms with Crippen LogP contribution in [0.2, 0.25) is 0 Å². The molecule has 6 heteroatoms. The van der Waals surface area contributed by atoms with Crippen LogP contribution in [0.1, 0.15) is 0 Å². The molecule has 1 aromatic carbocycles. The fraction of sp³-hybridized carbons (Fsp3) is 0.333. The molecule has 15 heavy (non-hydrogen) atoms. The van der Waals surface area contributed by atoms with Crippen molar-refractivity contribution in [3.8, 4) is 0 Å². The van der Waals surface area contributed by atoms with Crippen molar-refractivity contribution < 1.29 is 12.8 Å². The standard InChI is InChI=1S/C9H9BrFNO2S/c10-8-2-1-6(11)3-9(8)12-7-4-15(13,14)5-7/h1-3,7,12H,4-5H2. The molecule has 0 aliphatic carbocycles. The van der Waals surface area contributed by atoms with Gasteiger partial charge >= 0.3 is 0 Å². The first-order chi connectivity index (χ1) is 6.96. The van der Waals surface area contributed by atoms with Crippen LogP contribution in [-0.4, -0.2) is 26.0 Å². The molecule has 2 rings (SSSR count). The Bertz CT molecular complexity index is 477. The Hall–Kier alpha value is -0.620. The molecule has 0 radical (unpaired) electrons. The van der Waals surface area contributed by atoms with E-state index >= 15 is 0 Å². The Balaban J connectivity index is 2.09. The van der Waals surface area contributed by atoms with Gasteiger partial charge in [-0.05, 0) is 34.1 Å². The second-order valence-electron chi connectivity index (χ2n) is 3.54. The Morgan fingerprint density at radius 3 is 2.67 bits per heavy atom. The molecule has 1 aliphatic heterocycles. The summed E-state index contributed by atoms with van der Waals surface area (Å²) >= 11 is 3.26.